The lowest BCUT2D eigenvalue weighted by Gasteiger charge is -2.29. The number of benzene rings is 1. The summed E-state index contributed by atoms with van der Waals surface area (Å²) >= 11 is 5.82. The molecular formula is C12H17ClN2O2S. The number of nitrogen functional groups attached to an aromatic ring is 1. The summed E-state index contributed by atoms with van der Waals surface area (Å²) in [5, 5.41) is 0.557. The standard InChI is InChI=1S/C12H17ClN2O2S/c1-15-4-5-17-10(7-15)8-18(16)12-3-2-9(13)6-11(12)14/h2-3,6,10H,4-5,7-8,14H2,1H3. The Hall–Kier alpha value is -0.620. The molecule has 100 valence electrons. The molecule has 0 radical (unpaired) electrons. The van der Waals surface area contributed by atoms with E-state index < -0.39 is 10.8 Å². The minimum atomic E-state index is -1.15. The van der Waals surface area contributed by atoms with Gasteiger partial charge in [0.05, 0.1) is 34.2 Å². The van der Waals surface area contributed by atoms with Crippen LogP contribution in [0.25, 0.3) is 0 Å². The zero-order valence-corrected chi connectivity index (χ0v) is 11.8. The lowest BCUT2D eigenvalue weighted by molar-refractivity contribution is -0.00640. The van der Waals surface area contributed by atoms with E-state index in [-0.39, 0.29) is 6.10 Å². The number of nitrogens with zero attached hydrogens (tertiary/aromatic N) is 1. The van der Waals surface area contributed by atoms with E-state index in [0.29, 0.717) is 28.0 Å². The lowest BCUT2D eigenvalue weighted by atomic mass is 10.3. The molecule has 0 aromatic heterocycles. The number of rotatable bonds is 3. The fraction of sp³-hybridized carbons (Fsp3) is 0.500. The first-order valence-corrected chi connectivity index (χ1v) is 7.49. The van der Waals surface area contributed by atoms with Crippen LogP contribution in [0.1, 0.15) is 0 Å². The second-order valence-corrected chi connectivity index (χ2v) is 6.35. The summed E-state index contributed by atoms with van der Waals surface area (Å²) in [7, 11) is 0.886. The van der Waals surface area contributed by atoms with Crippen LogP contribution in [0.2, 0.25) is 5.02 Å². The molecule has 0 saturated carbocycles. The van der Waals surface area contributed by atoms with Crippen molar-refractivity contribution in [3.8, 4) is 0 Å². The Bertz CT molecular complexity index is 456. The molecule has 2 atom stereocenters. The molecule has 0 bridgehead atoms. The number of hydrogen-bond acceptors (Lipinski definition) is 4. The maximum atomic E-state index is 12.2. The first kappa shape index (κ1) is 13.8. The third-order valence-electron chi connectivity index (χ3n) is 2.90. The van der Waals surface area contributed by atoms with Crippen LogP contribution in [0.15, 0.2) is 23.1 Å². The Morgan fingerprint density at radius 1 is 1.61 bits per heavy atom. The predicted molar refractivity (Wildman–Crippen MR) is 74.4 cm³/mol. The van der Waals surface area contributed by atoms with E-state index in [1.54, 1.807) is 18.2 Å². The number of halogens is 1. The molecule has 0 aliphatic carbocycles. The molecule has 1 heterocycles. The predicted octanol–water partition coefficient (Wildman–Crippen LogP) is 1.36. The summed E-state index contributed by atoms with van der Waals surface area (Å²) < 4.78 is 17.8. The molecule has 1 aliphatic rings. The first-order valence-electron chi connectivity index (χ1n) is 5.80. The summed E-state index contributed by atoms with van der Waals surface area (Å²) in [4.78, 5) is 2.81. The SMILES string of the molecule is CN1CCOC(CS(=O)c2ccc(Cl)cc2N)C1. The molecule has 1 fully saturated rings. The summed E-state index contributed by atoms with van der Waals surface area (Å²) in [6.07, 6.45) is -0.000314. The number of hydrogen-bond donors (Lipinski definition) is 1. The molecule has 1 saturated heterocycles. The normalized spacial score (nSPS) is 22.9. The van der Waals surface area contributed by atoms with Crippen molar-refractivity contribution in [1.29, 1.82) is 0 Å². The van der Waals surface area contributed by atoms with Gasteiger partial charge >= 0.3 is 0 Å². The van der Waals surface area contributed by atoms with Crippen LogP contribution in [-0.4, -0.2) is 47.7 Å². The molecule has 2 rings (SSSR count). The third-order valence-corrected chi connectivity index (χ3v) is 4.67. The zero-order valence-electron chi connectivity index (χ0n) is 10.3. The van der Waals surface area contributed by atoms with E-state index in [2.05, 4.69) is 4.90 Å². The van der Waals surface area contributed by atoms with Gasteiger partial charge in [-0.15, -0.1) is 0 Å². The van der Waals surface area contributed by atoms with Crippen molar-refractivity contribution < 1.29 is 8.95 Å². The molecular weight excluding hydrogens is 272 g/mol. The maximum absolute atomic E-state index is 12.2. The van der Waals surface area contributed by atoms with E-state index in [1.807, 2.05) is 7.05 Å². The Morgan fingerprint density at radius 3 is 3.06 bits per heavy atom. The van der Waals surface area contributed by atoms with Gasteiger partial charge in [0.2, 0.25) is 0 Å². The topological polar surface area (TPSA) is 55.6 Å². The Kier molecular flexibility index (Phi) is 4.61. The smallest absolute Gasteiger partial charge is 0.0821 e. The van der Waals surface area contributed by atoms with Crippen molar-refractivity contribution >= 4 is 28.1 Å². The highest BCUT2D eigenvalue weighted by Crippen LogP contribution is 2.22. The van der Waals surface area contributed by atoms with Crippen LogP contribution in [0.4, 0.5) is 5.69 Å². The molecule has 1 aromatic carbocycles. The van der Waals surface area contributed by atoms with Crippen molar-refractivity contribution in [2.75, 3.05) is 38.2 Å². The van der Waals surface area contributed by atoms with E-state index >= 15 is 0 Å². The molecule has 18 heavy (non-hydrogen) atoms. The van der Waals surface area contributed by atoms with Crippen molar-refractivity contribution in [2.45, 2.75) is 11.0 Å². The quantitative estimate of drug-likeness (QED) is 0.854. The van der Waals surface area contributed by atoms with Crippen LogP contribution in [-0.2, 0) is 15.5 Å². The Morgan fingerprint density at radius 2 is 2.39 bits per heavy atom. The van der Waals surface area contributed by atoms with Crippen molar-refractivity contribution in [3.05, 3.63) is 23.2 Å². The monoisotopic (exact) mass is 288 g/mol. The van der Waals surface area contributed by atoms with Gasteiger partial charge in [0.1, 0.15) is 0 Å². The van der Waals surface area contributed by atoms with Gasteiger partial charge in [-0.05, 0) is 25.2 Å². The average Bonchev–Trinajstić information content (AvgIpc) is 2.28. The Balaban J connectivity index is 2.03. The second kappa shape index (κ2) is 6.02. The Labute approximate surface area is 115 Å². The van der Waals surface area contributed by atoms with E-state index in [0.717, 1.165) is 13.1 Å². The van der Waals surface area contributed by atoms with E-state index in [1.165, 1.54) is 0 Å². The lowest BCUT2D eigenvalue weighted by Crippen LogP contribution is -2.42. The van der Waals surface area contributed by atoms with Crippen molar-refractivity contribution in [2.24, 2.45) is 0 Å². The van der Waals surface area contributed by atoms with Gasteiger partial charge in [-0.2, -0.15) is 0 Å². The summed E-state index contributed by atoms with van der Waals surface area (Å²) in [5.74, 6) is 0.468. The van der Waals surface area contributed by atoms with Crippen LogP contribution >= 0.6 is 11.6 Å². The summed E-state index contributed by atoms with van der Waals surface area (Å²) in [6, 6.07) is 5.06. The number of nitrogens with two attached hydrogens (primary N) is 1. The second-order valence-electron chi connectivity index (χ2n) is 4.45. The molecule has 2 unspecified atom stereocenters. The van der Waals surface area contributed by atoms with Crippen LogP contribution in [0.3, 0.4) is 0 Å². The largest absolute Gasteiger partial charge is 0.398 e. The summed E-state index contributed by atoms with van der Waals surface area (Å²) in [6.45, 7) is 2.42. The van der Waals surface area contributed by atoms with Gasteiger partial charge in [-0.3, -0.25) is 4.21 Å². The van der Waals surface area contributed by atoms with E-state index in [9.17, 15) is 4.21 Å². The van der Waals surface area contributed by atoms with Gasteiger partial charge in [0, 0.05) is 23.8 Å². The van der Waals surface area contributed by atoms with Crippen molar-refractivity contribution in [3.63, 3.8) is 0 Å². The number of likely N-dealkylation sites (N-methyl/N-ethyl adjacent to an activating group) is 1. The average molecular weight is 289 g/mol. The minimum absolute atomic E-state index is 0.000314. The fourth-order valence-electron chi connectivity index (χ4n) is 1.95. The highest BCUT2D eigenvalue weighted by molar-refractivity contribution is 7.85. The zero-order chi connectivity index (χ0) is 13.1. The number of anilines is 1. The van der Waals surface area contributed by atoms with Gasteiger partial charge in [0.15, 0.2) is 0 Å². The molecule has 0 amide bonds. The van der Waals surface area contributed by atoms with Gasteiger partial charge < -0.3 is 15.4 Å². The van der Waals surface area contributed by atoms with Gasteiger partial charge in [0.25, 0.3) is 0 Å². The van der Waals surface area contributed by atoms with Crippen molar-refractivity contribution in [1.82, 2.24) is 4.90 Å². The molecule has 6 heteroatoms. The van der Waals surface area contributed by atoms with Crippen LogP contribution in [0.5, 0.6) is 0 Å². The third kappa shape index (κ3) is 3.45. The fourth-order valence-corrected chi connectivity index (χ4v) is 3.39. The van der Waals surface area contributed by atoms with Crippen LogP contribution < -0.4 is 5.73 Å². The van der Waals surface area contributed by atoms with E-state index in [4.69, 9.17) is 22.1 Å². The molecule has 1 aromatic rings. The maximum Gasteiger partial charge on any atom is 0.0821 e. The molecule has 2 N–H and O–H groups in total. The summed E-state index contributed by atoms with van der Waals surface area (Å²) in [5.41, 5.74) is 6.30. The van der Waals surface area contributed by atoms with Gasteiger partial charge in [-0.25, -0.2) is 0 Å². The number of ether oxygens (including phenoxy) is 1. The highest BCUT2D eigenvalue weighted by Gasteiger charge is 2.21. The first-order chi connectivity index (χ1) is 8.56. The molecule has 1 aliphatic heterocycles. The van der Waals surface area contributed by atoms with Gasteiger partial charge in [-0.1, -0.05) is 11.6 Å². The number of morpholine rings is 1. The highest BCUT2D eigenvalue weighted by atomic mass is 35.5. The molecule has 0 spiro atoms. The molecule has 4 nitrogen and oxygen atoms in total. The van der Waals surface area contributed by atoms with Crippen LogP contribution in [0, 0.1) is 0 Å². The minimum Gasteiger partial charge on any atom is -0.398 e.